The normalized spacial score (nSPS) is 13.3. The Balaban J connectivity index is 1.84. The van der Waals surface area contributed by atoms with Crippen LogP contribution in [-0.4, -0.2) is 23.0 Å². The summed E-state index contributed by atoms with van der Waals surface area (Å²) < 4.78 is 5.11. The average molecular weight is 344 g/mol. The van der Waals surface area contributed by atoms with E-state index in [4.69, 9.17) is 4.42 Å². The van der Waals surface area contributed by atoms with Crippen LogP contribution in [-0.2, 0) is 9.59 Å². The summed E-state index contributed by atoms with van der Waals surface area (Å²) in [5.74, 6) is -0.658. The van der Waals surface area contributed by atoms with Gasteiger partial charge >= 0.3 is 11.8 Å². The fourth-order valence-electron chi connectivity index (χ4n) is 2.42. The van der Waals surface area contributed by atoms with E-state index < -0.39 is 17.9 Å². The third kappa shape index (κ3) is 5.46. The standard InChI is InChI=1S/C19H24N2O4/c1-12(2)14-6-8-15(9-7-14)21-19(24)18(23)20-13(3)11-16(22)17-5-4-10-25-17/h4-10,12-13,16,22H,11H2,1-3H3,(H,20,23)(H,21,24). The summed E-state index contributed by atoms with van der Waals surface area (Å²) in [5.41, 5.74) is 1.72. The first-order valence-electron chi connectivity index (χ1n) is 8.30. The number of furan rings is 1. The van der Waals surface area contributed by atoms with Crippen LogP contribution in [0.4, 0.5) is 5.69 Å². The number of carbonyl (C=O) groups is 2. The van der Waals surface area contributed by atoms with Gasteiger partial charge in [-0.1, -0.05) is 26.0 Å². The summed E-state index contributed by atoms with van der Waals surface area (Å²) in [6, 6.07) is 10.3. The number of rotatable bonds is 6. The predicted molar refractivity (Wildman–Crippen MR) is 95.1 cm³/mol. The molecule has 6 heteroatoms. The Hall–Kier alpha value is -2.60. The number of aliphatic hydroxyl groups excluding tert-OH is 1. The maximum atomic E-state index is 12.0. The molecule has 2 atom stereocenters. The second-order valence-electron chi connectivity index (χ2n) is 6.37. The minimum absolute atomic E-state index is 0.246. The van der Waals surface area contributed by atoms with Gasteiger partial charge in [0.25, 0.3) is 0 Å². The van der Waals surface area contributed by atoms with Gasteiger partial charge in [-0.25, -0.2) is 0 Å². The smallest absolute Gasteiger partial charge is 0.313 e. The monoisotopic (exact) mass is 344 g/mol. The van der Waals surface area contributed by atoms with Crippen LogP contribution in [0, 0.1) is 0 Å². The van der Waals surface area contributed by atoms with Crippen LogP contribution in [0.5, 0.6) is 0 Å². The lowest BCUT2D eigenvalue weighted by molar-refractivity contribution is -0.136. The number of hydrogen-bond acceptors (Lipinski definition) is 4. The van der Waals surface area contributed by atoms with Gasteiger partial charge in [0.05, 0.1) is 6.26 Å². The molecule has 0 aliphatic heterocycles. The number of aliphatic hydroxyl groups is 1. The third-order valence-corrected chi connectivity index (χ3v) is 3.87. The summed E-state index contributed by atoms with van der Waals surface area (Å²) in [4.78, 5) is 23.9. The fraction of sp³-hybridized carbons (Fsp3) is 0.368. The van der Waals surface area contributed by atoms with Crippen LogP contribution < -0.4 is 10.6 Å². The molecule has 0 aliphatic rings. The van der Waals surface area contributed by atoms with Crippen molar-refractivity contribution in [2.45, 2.75) is 45.3 Å². The Bertz CT molecular complexity index is 693. The first-order chi connectivity index (χ1) is 11.9. The van der Waals surface area contributed by atoms with Gasteiger partial charge in [0.15, 0.2) is 0 Å². The topological polar surface area (TPSA) is 91.6 Å². The van der Waals surface area contributed by atoms with Crippen molar-refractivity contribution in [3.8, 4) is 0 Å². The van der Waals surface area contributed by atoms with Gasteiger partial charge in [0.1, 0.15) is 11.9 Å². The molecule has 2 unspecified atom stereocenters. The Labute approximate surface area is 147 Å². The van der Waals surface area contributed by atoms with Crippen molar-refractivity contribution in [3.63, 3.8) is 0 Å². The lowest BCUT2D eigenvalue weighted by atomic mass is 10.0. The molecule has 0 fully saturated rings. The van der Waals surface area contributed by atoms with Gasteiger partial charge < -0.3 is 20.2 Å². The van der Waals surface area contributed by atoms with Crippen molar-refractivity contribution in [1.82, 2.24) is 5.32 Å². The molecule has 6 nitrogen and oxygen atoms in total. The first-order valence-corrected chi connectivity index (χ1v) is 8.30. The highest BCUT2D eigenvalue weighted by Gasteiger charge is 2.20. The van der Waals surface area contributed by atoms with E-state index in [2.05, 4.69) is 24.5 Å². The molecule has 0 radical (unpaired) electrons. The molecule has 25 heavy (non-hydrogen) atoms. The fourth-order valence-corrected chi connectivity index (χ4v) is 2.42. The lowest BCUT2D eigenvalue weighted by Gasteiger charge is -2.16. The molecule has 2 amide bonds. The summed E-state index contributed by atoms with van der Waals surface area (Å²) in [6.07, 6.45) is 0.882. The molecular formula is C19H24N2O4. The van der Waals surface area contributed by atoms with E-state index in [1.54, 1.807) is 31.2 Å². The van der Waals surface area contributed by atoms with Gasteiger partial charge in [-0.3, -0.25) is 9.59 Å². The molecule has 0 saturated heterocycles. The van der Waals surface area contributed by atoms with E-state index in [0.717, 1.165) is 5.56 Å². The first kappa shape index (κ1) is 18.7. The largest absolute Gasteiger partial charge is 0.467 e. The van der Waals surface area contributed by atoms with E-state index in [9.17, 15) is 14.7 Å². The van der Waals surface area contributed by atoms with Crippen LogP contribution in [0.1, 0.15) is 50.5 Å². The maximum absolute atomic E-state index is 12.0. The van der Waals surface area contributed by atoms with E-state index in [-0.39, 0.29) is 12.5 Å². The summed E-state index contributed by atoms with van der Waals surface area (Å²) >= 11 is 0. The number of hydrogen-bond donors (Lipinski definition) is 3. The highest BCUT2D eigenvalue weighted by Crippen LogP contribution is 2.19. The molecule has 0 saturated carbocycles. The van der Waals surface area contributed by atoms with Crippen molar-refractivity contribution in [1.29, 1.82) is 0 Å². The molecule has 1 aromatic carbocycles. The van der Waals surface area contributed by atoms with Gasteiger partial charge in [-0.05, 0) is 42.7 Å². The van der Waals surface area contributed by atoms with Gasteiger partial charge in [-0.15, -0.1) is 0 Å². The molecule has 3 N–H and O–H groups in total. The van der Waals surface area contributed by atoms with E-state index in [1.165, 1.54) is 6.26 Å². The molecule has 0 spiro atoms. The maximum Gasteiger partial charge on any atom is 0.313 e. The third-order valence-electron chi connectivity index (χ3n) is 3.87. The van der Waals surface area contributed by atoms with Crippen LogP contribution in [0.3, 0.4) is 0 Å². The Morgan fingerprint density at radius 2 is 1.76 bits per heavy atom. The zero-order chi connectivity index (χ0) is 18.4. The van der Waals surface area contributed by atoms with Crippen molar-refractivity contribution >= 4 is 17.5 Å². The molecule has 134 valence electrons. The highest BCUT2D eigenvalue weighted by molar-refractivity contribution is 6.39. The van der Waals surface area contributed by atoms with Gasteiger partial charge in [0, 0.05) is 18.2 Å². The van der Waals surface area contributed by atoms with Crippen molar-refractivity contribution in [3.05, 3.63) is 54.0 Å². The number of anilines is 1. The number of benzene rings is 1. The second-order valence-corrected chi connectivity index (χ2v) is 6.37. The summed E-state index contributed by atoms with van der Waals surface area (Å²) in [7, 11) is 0. The molecular weight excluding hydrogens is 320 g/mol. The van der Waals surface area contributed by atoms with E-state index in [1.807, 2.05) is 12.1 Å². The minimum Gasteiger partial charge on any atom is -0.467 e. The Morgan fingerprint density at radius 1 is 1.08 bits per heavy atom. The lowest BCUT2D eigenvalue weighted by Crippen LogP contribution is -2.41. The molecule has 0 bridgehead atoms. The second kappa shape index (κ2) is 8.48. The van der Waals surface area contributed by atoms with Crippen molar-refractivity contribution in [2.24, 2.45) is 0 Å². The average Bonchev–Trinajstić information content (AvgIpc) is 3.09. The number of amides is 2. The van der Waals surface area contributed by atoms with Crippen LogP contribution in [0.15, 0.2) is 47.1 Å². The molecule has 0 aliphatic carbocycles. The van der Waals surface area contributed by atoms with E-state index >= 15 is 0 Å². The Kier molecular flexibility index (Phi) is 6.36. The van der Waals surface area contributed by atoms with Crippen molar-refractivity contribution in [2.75, 3.05) is 5.32 Å². The predicted octanol–water partition coefficient (Wildman–Crippen LogP) is 2.97. The van der Waals surface area contributed by atoms with Crippen LogP contribution >= 0.6 is 0 Å². The van der Waals surface area contributed by atoms with Crippen molar-refractivity contribution < 1.29 is 19.1 Å². The molecule has 1 heterocycles. The zero-order valence-electron chi connectivity index (χ0n) is 14.7. The van der Waals surface area contributed by atoms with Gasteiger partial charge in [0.2, 0.25) is 0 Å². The highest BCUT2D eigenvalue weighted by atomic mass is 16.4. The van der Waals surface area contributed by atoms with E-state index in [0.29, 0.717) is 17.4 Å². The summed E-state index contributed by atoms with van der Waals surface area (Å²) in [5, 5.41) is 15.1. The molecule has 2 aromatic rings. The SMILES string of the molecule is CC(CC(O)c1ccco1)NC(=O)C(=O)Nc1ccc(C(C)C)cc1. The molecule has 1 aromatic heterocycles. The number of carbonyl (C=O) groups excluding carboxylic acids is 2. The minimum atomic E-state index is -0.836. The quantitative estimate of drug-likeness (QED) is 0.703. The van der Waals surface area contributed by atoms with Crippen LogP contribution in [0.2, 0.25) is 0 Å². The molecule has 2 rings (SSSR count). The summed E-state index contributed by atoms with van der Waals surface area (Å²) in [6.45, 7) is 5.88. The zero-order valence-corrected chi connectivity index (χ0v) is 14.7. The van der Waals surface area contributed by atoms with Gasteiger partial charge in [-0.2, -0.15) is 0 Å². The van der Waals surface area contributed by atoms with Crippen LogP contribution in [0.25, 0.3) is 0 Å². The Morgan fingerprint density at radius 3 is 2.32 bits per heavy atom. The number of nitrogens with one attached hydrogen (secondary N) is 2.